The van der Waals surface area contributed by atoms with Gasteiger partial charge in [0, 0.05) is 32.4 Å². The quantitative estimate of drug-likeness (QED) is 0.780. The average molecular weight is 327 g/mol. The van der Waals surface area contributed by atoms with Crippen LogP contribution in [0.1, 0.15) is 20.8 Å². The van der Waals surface area contributed by atoms with E-state index in [-0.39, 0.29) is 11.8 Å². The second-order valence-electron chi connectivity index (χ2n) is 6.04. The number of nitroso groups, excluding NO2 is 1. The zero-order chi connectivity index (χ0) is 16.3. The van der Waals surface area contributed by atoms with Gasteiger partial charge in [-0.05, 0) is 32.0 Å². The molecule has 2 rings (SSSR count). The Morgan fingerprint density at radius 3 is 2.50 bits per heavy atom. The molecule has 0 spiro atoms. The first-order chi connectivity index (χ1) is 10.3. The van der Waals surface area contributed by atoms with Gasteiger partial charge in [-0.1, -0.05) is 11.6 Å². The molecule has 0 bridgehead atoms. The first-order valence-corrected chi connectivity index (χ1v) is 7.40. The lowest BCUT2D eigenvalue weighted by Gasteiger charge is -2.36. The normalized spacial score (nSPS) is 15.6. The molecule has 0 aromatic carbocycles. The SMILES string of the molecule is CC(C)(C)OC(=O)N1CCN(c2ncc(Cl)cc2N=O)CC1. The van der Waals surface area contributed by atoms with Crippen LogP contribution in [0.25, 0.3) is 0 Å². The predicted octanol–water partition coefficient (Wildman–Crippen LogP) is 3.19. The Bertz CT molecular complexity index is 566. The van der Waals surface area contributed by atoms with Crippen LogP contribution in [0.15, 0.2) is 17.4 Å². The van der Waals surface area contributed by atoms with Crippen molar-refractivity contribution in [3.63, 3.8) is 0 Å². The van der Waals surface area contributed by atoms with Gasteiger partial charge in [0.15, 0.2) is 11.5 Å². The first kappa shape index (κ1) is 16.5. The molecule has 7 nitrogen and oxygen atoms in total. The number of hydrogen-bond acceptors (Lipinski definition) is 6. The van der Waals surface area contributed by atoms with Gasteiger partial charge in [-0.15, -0.1) is 4.91 Å². The largest absolute Gasteiger partial charge is 0.444 e. The van der Waals surface area contributed by atoms with Crippen LogP contribution in [0, 0.1) is 4.91 Å². The standard InChI is InChI=1S/C14H19ClN4O3/c1-14(2,3)22-13(20)19-6-4-18(5-7-19)12-11(17-21)8-10(15)9-16-12/h8-9H,4-7H2,1-3H3. The maximum absolute atomic E-state index is 12.0. The Balaban J connectivity index is 2.01. The number of aromatic nitrogens is 1. The number of amides is 1. The van der Waals surface area contributed by atoms with E-state index < -0.39 is 5.60 Å². The van der Waals surface area contributed by atoms with E-state index in [0.717, 1.165) is 0 Å². The molecule has 0 unspecified atom stereocenters. The van der Waals surface area contributed by atoms with Crippen LogP contribution >= 0.6 is 11.6 Å². The van der Waals surface area contributed by atoms with Gasteiger partial charge in [-0.3, -0.25) is 0 Å². The molecule has 2 heterocycles. The minimum Gasteiger partial charge on any atom is -0.444 e. The van der Waals surface area contributed by atoms with Gasteiger partial charge in [0.25, 0.3) is 0 Å². The van der Waals surface area contributed by atoms with Gasteiger partial charge in [0.2, 0.25) is 0 Å². The summed E-state index contributed by atoms with van der Waals surface area (Å²) in [5, 5.41) is 3.33. The summed E-state index contributed by atoms with van der Waals surface area (Å²) in [6.07, 6.45) is 1.15. The Morgan fingerprint density at radius 2 is 1.95 bits per heavy atom. The Morgan fingerprint density at radius 1 is 1.32 bits per heavy atom. The van der Waals surface area contributed by atoms with Crippen molar-refractivity contribution >= 4 is 29.2 Å². The number of pyridine rings is 1. The lowest BCUT2D eigenvalue weighted by Crippen LogP contribution is -2.50. The molecule has 1 aromatic heterocycles. The summed E-state index contributed by atoms with van der Waals surface area (Å²) in [6, 6.07) is 1.48. The second-order valence-corrected chi connectivity index (χ2v) is 6.48. The molecular weight excluding hydrogens is 308 g/mol. The number of ether oxygens (including phenoxy) is 1. The van der Waals surface area contributed by atoms with Crippen LogP contribution in [0.3, 0.4) is 0 Å². The van der Waals surface area contributed by atoms with E-state index in [2.05, 4.69) is 10.2 Å². The van der Waals surface area contributed by atoms with Crippen molar-refractivity contribution in [1.82, 2.24) is 9.88 Å². The van der Waals surface area contributed by atoms with Crippen molar-refractivity contribution < 1.29 is 9.53 Å². The highest BCUT2D eigenvalue weighted by molar-refractivity contribution is 6.30. The second kappa shape index (κ2) is 6.48. The minimum absolute atomic E-state index is 0.207. The van der Waals surface area contributed by atoms with Crippen molar-refractivity contribution in [3.05, 3.63) is 22.2 Å². The summed E-state index contributed by atoms with van der Waals surface area (Å²) in [5.74, 6) is 0.489. The van der Waals surface area contributed by atoms with Crippen LogP contribution in [0.2, 0.25) is 5.02 Å². The molecule has 0 atom stereocenters. The Labute approximate surface area is 134 Å². The summed E-state index contributed by atoms with van der Waals surface area (Å²) in [4.78, 5) is 30.6. The third-order valence-corrected chi connectivity index (χ3v) is 3.35. The number of halogens is 1. The first-order valence-electron chi connectivity index (χ1n) is 7.02. The van der Waals surface area contributed by atoms with Gasteiger partial charge in [-0.25, -0.2) is 9.78 Å². The molecule has 1 aliphatic heterocycles. The lowest BCUT2D eigenvalue weighted by molar-refractivity contribution is 0.0240. The predicted molar refractivity (Wildman–Crippen MR) is 84.7 cm³/mol. The van der Waals surface area contributed by atoms with Crippen LogP contribution in [0.4, 0.5) is 16.3 Å². The van der Waals surface area contributed by atoms with Crippen LogP contribution in [-0.2, 0) is 4.74 Å². The van der Waals surface area contributed by atoms with E-state index >= 15 is 0 Å². The maximum Gasteiger partial charge on any atom is 0.410 e. The summed E-state index contributed by atoms with van der Waals surface area (Å²) in [5.41, 5.74) is -0.307. The van der Waals surface area contributed by atoms with Crippen molar-refractivity contribution in [1.29, 1.82) is 0 Å². The number of carbonyl (C=O) groups excluding carboxylic acids is 1. The topological polar surface area (TPSA) is 75.1 Å². The molecule has 1 amide bonds. The third kappa shape index (κ3) is 4.07. The van der Waals surface area contributed by atoms with Crippen molar-refractivity contribution in [3.8, 4) is 0 Å². The molecule has 1 aromatic rings. The van der Waals surface area contributed by atoms with Gasteiger partial charge >= 0.3 is 6.09 Å². The lowest BCUT2D eigenvalue weighted by atomic mass is 10.2. The van der Waals surface area contributed by atoms with Gasteiger partial charge in [0.1, 0.15) is 5.60 Å². The van der Waals surface area contributed by atoms with Crippen molar-refractivity contribution in [2.75, 3.05) is 31.1 Å². The molecule has 1 saturated heterocycles. The van der Waals surface area contributed by atoms with Gasteiger partial charge in [-0.2, -0.15) is 0 Å². The molecule has 120 valence electrons. The highest BCUT2D eigenvalue weighted by atomic mass is 35.5. The Hall–Kier alpha value is -1.89. The number of rotatable bonds is 2. The molecule has 0 radical (unpaired) electrons. The highest BCUT2D eigenvalue weighted by Gasteiger charge is 2.27. The van der Waals surface area contributed by atoms with Crippen LogP contribution in [0.5, 0.6) is 0 Å². The van der Waals surface area contributed by atoms with E-state index in [1.54, 1.807) is 4.90 Å². The zero-order valence-electron chi connectivity index (χ0n) is 12.9. The fourth-order valence-corrected chi connectivity index (χ4v) is 2.31. The molecule has 1 aliphatic rings. The third-order valence-electron chi connectivity index (χ3n) is 3.14. The van der Waals surface area contributed by atoms with Crippen molar-refractivity contribution in [2.24, 2.45) is 5.18 Å². The fraction of sp³-hybridized carbons (Fsp3) is 0.571. The minimum atomic E-state index is -0.513. The molecular formula is C14H19ClN4O3. The number of hydrogen-bond donors (Lipinski definition) is 0. The smallest absolute Gasteiger partial charge is 0.410 e. The van der Waals surface area contributed by atoms with E-state index in [1.165, 1.54) is 12.3 Å². The molecule has 1 fully saturated rings. The summed E-state index contributed by atoms with van der Waals surface area (Å²) < 4.78 is 5.35. The van der Waals surface area contributed by atoms with E-state index in [1.807, 2.05) is 25.7 Å². The van der Waals surface area contributed by atoms with E-state index in [0.29, 0.717) is 37.0 Å². The van der Waals surface area contributed by atoms with Crippen LogP contribution < -0.4 is 4.90 Å². The highest BCUT2D eigenvalue weighted by Crippen LogP contribution is 2.29. The fourth-order valence-electron chi connectivity index (χ4n) is 2.16. The van der Waals surface area contributed by atoms with Gasteiger partial charge < -0.3 is 14.5 Å². The molecule has 0 N–H and O–H groups in total. The molecule has 8 heteroatoms. The molecule has 0 saturated carbocycles. The zero-order valence-corrected chi connectivity index (χ0v) is 13.6. The molecule has 0 aliphatic carbocycles. The number of carbonyl (C=O) groups is 1. The van der Waals surface area contributed by atoms with Crippen molar-refractivity contribution in [2.45, 2.75) is 26.4 Å². The molecule has 22 heavy (non-hydrogen) atoms. The summed E-state index contributed by atoms with van der Waals surface area (Å²) in [7, 11) is 0. The average Bonchev–Trinajstić information content (AvgIpc) is 2.45. The van der Waals surface area contributed by atoms with E-state index in [4.69, 9.17) is 16.3 Å². The summed E-state index contributed by atoms with van der Waals surface area (Å²) in [6.45, 7) is 7.60. The number of anilines is 1. The number of nitrogens with zero attached hydrogens (tertiary/aromatic N) is 4. The van der Waals surface area contributed by atoms with Crippen LogP contribution in [-0.4, -0.2) is 47.8 Å². The number of piperazine rings is 1. The summed E-state index contributed by atoms with van der Waals surface area (Å²) >= 11 is 5.81. The van der Waals surface area contributed by atoms with Gasteiger partial charge in [0.05, 0.1) is 5.02 Å². The maximum atomic E-state index is 12.0. The Kier molecular flexibility index (Phi) is 4.85. The monoisotopic (exact) mass is 326 g/mol. The van der Waals surface area contributed by atoms with E-state index in [9.17, 15) is 9.70 Å².